The van der Waals surface area contributed by atoms with Gasteiger partial charge in [0.1, 0.15) is 0 Å². The van der Waals surface area contributed by atoms with Crippen LogP contribution in [0.15, 0.2) is 91.0 Å². The van der Waals surface area contributed by atoms with E-state index < -0.39 is 0 Å². The van der Waals surface area contributed by atoms with Crippen LogP contribution in [0.25, 0.3) is 0 Å². The van der Waals surface area contributed by atoms with E-state index in [1.807, 2.05) is 30.3 Å². The highest BCUT2D eigenvalue weighted by molar-refractivity contribution is 7.80. The van der Waals surface area contributed by atoms with E-state index in [1.165, 1.54) is 11.1 Å². The number of aryl methyl sites for hydroxylation is 1. The number of amides is 1. The molecule has 0 aliphatic carbocycles. The minimum Gasteiger partial charge on any atom is -0.346 e. The van der Waals surface area contributed by atoms with Crippen molar-refractivity contribution in [3.63, 3.8) is 0 Å². The van der Waals surface area contributed by atoms with Crippen LogP contribution in [-0.4, -0.2) is 47.0 Å². The summed E-state index contributed by atoms with van der Waals surface area (Å²) in [6.07, 6.45) is 1.16. The summed E-state index contributed by atoms with van der Waals surface area (Å²) < 4.78 is 0. The average molecular weight is 444 g/mol. The second-order valence-corrected chi connectivity index (χ2v) is 8.47. The summed E-state index contributed by atoms with van der Waals surface area (Å²) >= 11 is 5.55. The highest BCUT2D eigenvalue weighted by atomic mass is 32.1. The van der Waals surface area contributed by atoms with Gasteiger partial charge in [-0.1, -0.05) is 91.0 Å². The number of thiocarbonyl (C=S) groups is 1. The highest BCUT2D eigenvalue weighted by Gasteiger charge is 2.27. The van der Waals surface area contributed by atoms with Crippen LogP contribution in [0.1, 0.15) is 29.2 Å². The molecule has 3 aromatic rings. The first kappa shape index (κ1) is 22.2. The Labute approximate surface area is 195 Å². The van der Waals surface area contributed by atoms with Crippen molar-refractivity contribution in [3.8, 4) is 0 Å². The molecule has 1 aliphatic heterocycles. The Kier molecular flexibility index (Phi) is 7.64. The van der Waals surface area contributed by atoms with Gasteiger partial charge in [0.25, 0.3) is 0 Å². The van der Waals surface area contributed by atoms with Crippen LogP contribution in [0.3, 0.4) is 0 Å². The maximum atomic E-state index is 12.4. The Morgan fingerprint density at radius 1 is 0.781 bits per heavy atom. The Morgan fingerprint density at radius 3 is 1.81 bits per heavy atom. The molecule has 0 radical (unpaired) electrons. The largest absolute Gasteiger partial charge is 0.346 e. The van der Waals surface area contributed by atoms with Gasteiger partial charge >= 0.3 is 0 Å². The zero-order valence-corrected chi connectivity index (χ0v) is 19.0. The number of benzene rings is 3. The van der Waals surface area contributed by atoms with E-state index >= 15 is 0 Å². The van der Waals surface area contributed by atoms with Crippen LogP contribution in [0.2, 0.25) is 0 Å². The molecule has 1 aliphatic rings. The maximum absolute atomic E-state index is 12.4. The summed E-state index contributed by atoms with van der Waals surface area (Å²) in [6.45, 7) is 3.37. The topological polar surface area (TPSA) is 35.6 Å². The van der Waals surface area contributed by atoms with Gasteiger partial charge in [0.05, 0.1) is 6.04 Å². The predicted molar refractivity (Wildman–Crippen MR) is 133 cm³/mol. The lowest BCUT2D eigenvalue weighted by Gasteiger charge is -2.40. The lowest BCUT2D eigenvalue weighted by molar-refractivity contribution is -0.119. The fourth-order valence-corrected chi connectivity index (χ4v) is 4.53. The SMILES string of the molecule is O=C(CCc1ccccc1)NC(=S)N1CCN(C(c2ccccc2)c2ccccc2)CC1. The molecule has 0 atom stereocenters. The monoisotopic (exact) mass is 443 g/mol. The van der Waals surface area contributed by atoms with Crippen molar-refractivity contribution < 1.29 is 4.79 Å². The molecule has 3 aromatic carbocycles. The van der Waals surface area contributed by atoms with Crippen molar-refractivity contribution in [2.45, 2.75) is 18.9 Å². The van der Waals surface area contributed by atoms with E-state index in [2.05, 4.69) is 75.8 Å². The lowest BCUT2D eigenvalue weighted by Crippen LogP contribution is -2.53. The normalized spacial score (nSPS) is 14.3. The van der Waals surface area contributed by atoms with Gasteiger partial charge in [-0.3, -0.25) is 9.69 Å². The minimum absolute atomic E-state index is 0.0206. The number of rotatable bonds is 6. The van der Waals surface area contributed by atoms with E-state index in [0.717, 1.165) is 38.2 Å². The average Bonchev–Trinajstić information content (AvgIpc) is 2.85. The van der Waals surface area contributed by atoms with Gasteiger partial charge in [0.2, 0.25) is 5.91 Å². The van der Waals surface area contributed by atoms with Crippen molar-refractivity contribution in [1.82, 2.24) is 15.1 Å². The third-order valence-corrected chi connectivity index (χ3v) is 6.29. The lowest BCUT2D eigenvalue weighted by atomic mass is 9.96. The summed E-state index contributed by atoms with van der Waals surface area (Å²) in [5.74, 6) is -0.0206. The zero-order valence-electron chi connectivity index (χ0n) is 18.2. The summed E-state index contributed by atoms with van der Waals surface area (Å²) in [7, 11) is 0. The third-order valence-electron chi connectivity index (χ3n) is 5.93. The molecule has 0 aromatic heterocycles. The molecule has 0 saturated carbocycles. The van der Waals surface area contributed by atoms with E-state index in [-0.39, 0.29) is 11.9 Å². The molecule has 32 heavy (non-hydrogen) atoms. The van der Waals surface area contributed by atoms with Crippen molar-refractivity contribution in [2.75, 3.05) is 26.2 Å². The zero-order chi connectivity index (χ0) is 22.2. The fourth-order valence-electron chi connectivity index (χ4n) is 4.23. The van der Waals surface area contributed by atoms with Crippen LogP contribution >= 0.6 is 12.2 Å². The molecule has 1 saturated heterocycles. The van der Waals surface area contributed by atoms with Crippen molar-refractivity contribution in [1.29, 1.82) is 0 Å². The van der Waals surface area contributed by atoms with E-state index in [1.54, 1.807) is 0 Å². The molecule has 4 nitrogen and oxygen atoms in total. The van der Waals surface area contributed by atoms with Crippen LogP contribution in [0.4, 0.5) is 0 Å². The second-order valence-electron chi connectivity index (χ2n) is 8.09. The number of carbonyl (C=O) groups is 1. The van der Waals surface area contributed by atoms with Gasteiger partial charge in [-0.15, -0.1) is 0 Å². The number of nitrogens with one attached hydrogen (secondary N) is 1. The molecule has 0 unspecified atom stereocenters. The molecule has 1 N–H and O–H groups in total. The van der Waals surface area contributed by atoms with Crippen molar-refractivity contribution in [3.05, 3.63) is 108 Å². The number of hydrogen-bond donors (Lipinski definition) is 1. The van der Waals surface area contributed by atoms with Crippen LogP contribution in [0, 0.1) is 0 Å². The molecule has 164 valence electrons. The standard InChI is InChI=1S/C27H29N3OS/c31-25(17-16-22-10-4-1-5-11-22)28-27(32)30-20-18-29(19-21-30)26(23-12-6-2-7-13-23)24-14-8-3-9-15-24/h1-15,26H,16-21H2,(H,28,31,32). The molecule has 0 bridgehead atoms. The van der Waals surface area contributed by atoms with Gasteiger partial charge in [-0.05, 0) is 35.3 Å². The molecular weight excluding hydrogens is 414 g/mol. The summed E-state index contributed by atoms with van der Waals surface area (Å²) in [5, 5.41) is 3.47. The molecule has 1 amide bonds. The molecule has 4 rings (SSSR count). The number of carbonyl (C=O) groups excluding carboxylic acids is 1. The minimum atomic E-state index is -0.0206. The van der Waals surface area contributed by atoms with E-state index in [9.17, 15) is 4.79 Å². The van der Waals surface area contributed by atoms with Gasteiger partial charge in [0.15, 0.2) is 5.11 Å². The van der Waals surface area contributed by atoms with Crippen LogP contribution in [-0.2, 0) is 11.2 Å². The first-order valence-corrected chi connectivity index (χ1v) is 11.6. The third kappa shape index (κ3) is 5.81. The molecule has 5 heteroatoms. The van der Waals surface area contributed by atoms with Crippen LogP contribution in [0.5, 0.6) is 0 Å². The maximum Gasteiger partial charge on any atom is 0.226 e. The molecule has 1 heterocycles. The first-order chi connectivity index (χ1) is 15.7. The molecular formula is C27H29N3OS. The molecule has 0 spiro atoms. The van der Waals surface area contributed by atoms with Crippen molar-refractivity contribution >= 4 is 23.2 Å². The smallest absolute Gasteiger partial charge is 0.226 e. The quantitative estimate of drug-likeness (QED) is 0.572. The number of hydrogen-bond acceptors (Lipinski definition) is 3. The van der Waals surface area contributed by atoms with Gasteiger partial charge in [-0.25, -0.2) is 0 Å². The Balaban J connectivity index is 1.33. The highest BCUT2D eigenvalue weighted by Crippen LogP contribution is 2.29. The summed E-state index contributed by atoms with van der Waals surface area (Å²) in [6, 6.07) is 31.6. The first-order valence-electron chi connectivity index (χ1n) is 11.2. The van der Waals surface area contributed by atoms with Gasteiger partial charge in [-0.2, -0.15) is 0 Å². The number of piperazine rings is 1. The van der Waals surface area contributed by atoms with Gasteiger partial charge < -0.3 is 10.2 Å². The Morgan fingerprint density at radius 2 is 1.28 bits per heavy atom. The number of nitrogens with zero attached hydrogens (tertiary/aromatic N) is 2. The molecule has 1 fully saturated rings. The van der Waals surface area contributed by atoms with E-state index in [0.29, 0.717) is 11.5 Å². The second kappa shape index (κ2) is 11.0. The Bertz CT molecular complexity index is 963. The van der Waals surface area contributed by atoms with Crippen LogP contribution < -0.4 is 5.32 Å². The Hall–Kier alpha value is -3.02. The van der Waals surface area contributed by atoms with E-state index in [4.69, 9.17) is 12.2 Å². The fraction of sp³-hybridized carbons (Fsp3) is 0.259. The van der Waals surface area contributed by atoms with Gasteiger partial charge in [0, 0.05) is 32.6 Å². The predicted octanol–water partition coefficient (Wildman–Crippen LogP) is 4.43. The summed E-state index contributed by atoms with van der Waals surface area (Å²) in [5.41, 5.74) is 3.75. The summed E-state index contributed by atoms with van der Waals surface area (Å²) in [4.78, 5) is 17.0. The van der Waals surface area contributed by atoms with Crippen molar-refractivity contribution in [2.24, 2.45) is 0 Å².